The van der Waals surface area contributed by atoms with Crippen LogP contribution in [0.2, 0.25) is 0 Å². The van der Waals surface area contributed by atoms with E-state index in [2.05, 4.69) is 50.9 Å². The van der Waals surface area contributed by atoms with E-state index in [0.29, 0.717) is 0 Å². The van der Waals surface area contributed by atoms with Gasteiger partial charge in [-0.15, -0.1) is 19.7 Å². The predicted octanol–water partition coefficient (Wildman–Crippen LogP) is 3.53. The maximum Gasteiger partial charge on any atom is -0.0100 e. The molecule has 0 atom stereocenters. The summed E-state index contributed by atoms with van der Waals surface area (Å²) in [5.41, 5.74) is 2.66. The van der Waals surface area contributed by atoms with Crippen LogP contribution in [0.4, 0.5) is 0 Å². The summed E-state index contributed by atoms with van der Waals surface area (Å²) in [6.07, 6.45) is 2.90. The van der Waals surface area contributed by atoms with Gasteiger partial charge in [0.2, 0.25) is 0 Å². The first-order valence-corrected chi connectivity index (χ1v) is 3.99. The molecule has 64 valence electrons. The Bertz CT molecular complexity index is 236. The summed E-state index contributed by atoms with van der Waals surface area (Å²) in [4.78, 5) is 0. The van der Waals surface area contributed by atoms with Gasteiger partial charge >= 0.3 is 0 Å². The van der Waals surface area contributed by atoms with E-state index in [9.17, 15) is 0 Å². The number of aryl methyl sites for hydroxylation is 1. The fraction of sp³-hybridized carbons (Fsp3) is 0.167. The minimum absolute atomic E-state index is 0.974. The Morgan fingerprint density at radius 3 is 2.50 bits per heavy atom. The summed E-state index contributed by atoms with van der Waals surface area (Å²) < 4.78 is 0. The van der Waals surface area contributed by atoms with Gasteiger partial charge in [0, 0.05) is 0 Å². The van der Waals surface area contributed by atoms with Crippen LogP contribution in [0.3, 0.4) is 0 Å². The zero-order valence-electron chi connectivity index (χ0n) is 7.72. The highest BCUT2D eigenvalue weighted by molar-refractivity contribution is 5.23. The average Bonchev–Trinajstić information content (AvgIpc) is 2.09. The van der Waals surface area contributed by atoms with Crippen LogP contribution in [0, 0.1) is 6.92 Å². The molecule has 0 aliphatic rings. The molecule has 0 fully saturated rings. The lowest BCUT2D eigenvalue weighted by Gasteiger charge is -1.96. The number of benzene rings is 1. The maximum absolute atomic E-state index is 3.69. The van der Waals surface area contributed by atoms with E-state index < -0.39 is 0 Å². The molecule has 0 spiro atoms. The van der Waals surface area contributed by atoms with Gasteiger partial charge in [-0.3, -0.25) is 0 Å². The molecule has 0 nitrogen and oxygen atoms in total. The van der Waals surface area contributed by atoms with Crippen LogP contribution < -0.4 is 0 Å². The van der Waals surface area contributed by atoms with E-state index in [4.69, 9.17) is 0 Å². The van der Waals surface area contributed by atoms with Gasteiger partial charge in [-0.05, 0) is 18.9 Å². The summed E-state index contributed by atoms with van der Waals surface area (Å²) in [7, 11) is 0. The molecule has 12 heavy (non-hydrogen) atoms. The monoisotopic (exact) mass is 160 g/mol. The molecular weight excluding hydrogens is 144 g/mol. The highest BCUT2D eigenvalue weighted by atomic mass is 13.9. The molecule has 1 rings (SSSR count). The van der Waals surface area contributed by atoms with Gasteiger partial charge in [0.15, 0.2) is 0 Å². The Labute approximate surface area is 75.2 Å². The van der Waals surface area contributed by atoms with Gasteiger partial charge in [-0.1, -0.05) is 35.9 Å². The fourth-order valence-electron chi connectivity index (χ4n) is 1.01. The molecule has 0 N–H and O–H groups in total. The van der Waals surface area contributed by atoms with Gasteiger partial charge in [0.1, 0.15) is 0 Å². The van der Waals surface area contributed by atoms with Crippen LogP contribution in [0.15, 0.2) is 50.1 Å². The Balaban J connectivity index is 0.000000561. The van der Waals surface area contributed by atoms with Crippen LogP contribution in [0.25, 0.3) is 0 Å². The SMILES string of the molecule is C=C.C=CCc1cccc(C)c1. The molecule has 0 aromatic heterocycles. The van der Waals surface area contributed by atoms with E-state index >= 15 is 0 Å². The largest absolute Gasteiger partial charge is 0.106 e. The molecule has 1 aromatic carbocycles. The molecule has 0 amide bonds. The molecule has 0 unspecified atom stereocenters. The number of hydrogen-bond donors (Lipinski definition) is 0. The molecule has 0 saturated heterocycles. The van der Waals surface area contributed by atoms with Crippen molar-refractivity contribution in [3.05, 3.63) is 61.2 Å². The standard InChI is InChI=1S/C10H12.C2H4/c1-3-5-10-7-4-6-9(2)8-10;1-2/h3-4,6-8H,1,5H2,2H3;1-2H2. The van der Waals surface area contributed by atoms with Crippen molar-refractivity contribution in [3.8, 4) is 0 Å². The first-order valence-electron chi connectivity index (χ1n) is 3.99. The van der Waals surface area contributed by atoms with Gasteiger partial charge in [-0.25, -0.2) is 0 Å². The normalized spacial score (nSPS) is 8.08. The second kappa shape index (κ2) is 6.41. The second-order valence-corrected chi connectivity index (χ2v) is 2.48. The molecule has 1 aromatic rings. The molecular formula is C12H16. The lowest BCUT2D eigenvalue weighted by molar-refractivity contribution is 1.25. The van der Waals surface area contributed by atoms with Crippen molar-refractivity contribution in [1.82, 2.24) is 0 Å². The summed E-state index contributed by atoms with van der Waals surface area (Å²) in [6, 6.07) is 8.48. The minimum atomic E-state index is 0.974. The van der Waals surface area contributed by atoms with Gasteiger partial charge in [-0.2, -0.15) is 0 Å². The van der Waals surface area contributed by atoms with Crippen molar-refractivity contribution in [2.75, 3.05) is 0 Å². The number of hydrogen-bond acceptors (Lipinski definition) is 0. The van der Waals surface area contributed by atoms with Crippen molar-refractivity contribution in [2.24, 2.45) is 0 Å². The van der Waals surface area contributed by atoms with E-state index in [-0.39, 0.29) is 0 Å². The molecule has 0 saturated carbocycles. The Morgan fingerprint density at radius 1 is 1.33 bits per heavy atom. The van der Waals surface area contributed by atoms with Crippen molar-refractivity contribution in [1.29, 1.82) is 0 Å². The van der Waals surface area contributed by atoms with Crippen LogP contribution in [0.5, 0.6) is 0 Å². The Hall–Kier alpha value is -1.30. The maximum atomic E-state index is 3.69. The highest BCUT2D eigenvalue weighted by Gasteiger charge is 1.87. The minimum Gasteiger partial charge on any atom is -0.106 e. The number of rotatable bonds is 2. The van der Waals surface area contributed by atoms with Crippen LogP contribution >= 0.6 is 0 Å². The fourth-order valence-corrected chi connectivity index (χ4v) is 1.01. The van der Waals surface area contributed by atoms with Crippen LogP contribution in [-0.2, 0) is 6.42 Å². The third-order valence-electron chi connectivity index (χ3n) is 1.46. The van der Waals surface area contributed by atoms with E-state index in [1.54, 1.807) is 0 Å². The highest BCUT2D eigenvalue weighted by Crippen LogP contribution is 2.04. The zero-order chi connectivity index (χ0) is 9.40. The smallest absolute Gasteiger partial charge is 0.0100 e. The van der Waals surface area contributed by atoms with Crippen molar-refractivity contribution < 1.29 is 0 Å². The third kappa shape index (κ3) is 3.77. The third-order valence-corrected chi connectivity index (χ3v) is 1.46. The second-order valence-electron chi connectivity index (χ2n) is 2.48. The molecule has 0 heterocycles. The Morgan fingerprint density at radius 2 is 2.00 bits per heavy atom. The molecule has 0 aliphatic heterocycles. The van der Waals surface area contributed by atoms with Gasteiger partial charge in [0.05, 0.1) is 0 Å². The van der Waals surface area contributed by atoms with E-state index in [0.717, 1.165) is 6.42 Å². The topological polar surface area (TPSA) is 0 Å². The summed E-state index contributed by atoms with van der Waals surface area (Å²) in [6.45, 7) is 11.8. The van der Waals surface area contributed by atoms with E-state index in [1.807, 2.05) is 6.08 Å². The van der Waals surface area contributed by atoms with E-state index in [1.165, 1.54) is 11.1 Å². The van der Waals surface area contributed by atoms with Crippen LogP contribution in [0.1, 0.15) is 11.1 Å². The van der Waals surface area contributed by atoms with Gasteiger partial charge in [0.25, 0.3) is 0 Å². The van der Waals surface area contributed by atoms with Crippen LogP contribution in [-0.4, -0.2) is 0 Å². The summed E-state index contributed by atoms with van der Waals surface area (Å²) in [5.74, 6) is 0. The predicted molar refractivity (Wildman–Crippen MR) is 56.3 cm³/mol. The first kappa shape index (κ1) is 10.7. The number of allylic oxidation sites excluding steroid dienone is 1. The lowest BCUT2D eigenvalue weighted by atomic mass is 10.1. The zero-order valence-corrected chi connectivity index (χ0v) is 7.72. The van der Waals surface area contributed by atoms with Crippen molar-refractivity contribution in [3.63, 3.8) is 0 Å². The molecule has 0 heteroatoms. The Kier molecular flexibility index (Phi) is 5.72. The first-order chi connectivity index (χ1) is 5.83. The quantitative estimate of drug-likeness (QED) is 0.581. The summed E-state index contributed by atoms with van der Waals surface area (Å²) in [5, 5.41) is 0. The lowest BCUT2D eigenvalue weighted by Crippen LogP contribution is -1.80. The summed E-state index contributed by atoms with van der Waals surface area (Å²) >= 11 is 0. The van der Waals surface area contributed by atoms with Crippen molar-refractivity contribution >= 4 is 0 Å². The molecule has 0 aliphatic carbocycles. The molecule has 0 bridgehead atoms. The van der Waals surface area contributed by atoms with Crippen molar-refractivity contribution in [2.45, 2.75) is 13.3 Å². The average molecular weight is 160 g/mol. The molecule has 0 radical (unpaired) electrons. The van der Waals surface area contributed by atoms with Gasteiger partial charge < -0.3 is 0 Å².